The van der Waals surface area contributed by atoms with Crippen LogP contribution in [-0.4, -0.2) is 31.0 Å². The van der Waals surface area contributed by atoms with Gasteiger partial charge in [-0.15, -0.1) is 0 Å². The summed E-state index contributed by atoms with van der Waals surface area (Å²) < 4.78 is 10.2. The molecule has 0 atom stereocenters. The Balaban J connectivity index is 2.57. The van der Waals surface area contributed by atoms with E-state index in [1.165, 1.54) is 20.3 Å². The Labute approximate surface area is 97.9 Å². The van der Waals surface area contributed by atoms with Crippen molar-refractivity contribution in [3.63, 3.8) is 0 Å². The Morgan fingerprint density at radius 2 is 1.76 bits per heavy atom. The van der Waals surface area contributed by atoms with Gasteiger partial charge in [0.25, 0.3) is 5.91 Å². The molecule has 1 aromatic rings. The van der Waals surface area contributed by atoms with E-state index in [0.717, 1.165) is 0 Å². The van der Waals surface area contributed by atoms with Crippen LogP contribution in [0.4, 0.5) is 0 Å². The standard InChI is InChI=1S/C11H12N2O4/c1-16-8-3-6-4-10(14)13(12)11(15)7(6)5-9(8)17-2/h3,5H,4,12H2,1-2H3. The number of amides is 2. The van der Waals surface area contributed by atoms with Gasteiger partial charge in [0.05, 0.1) is 20.6 Å². The first-order chi connectivity index (χ1) is 8.08. The van der Waals surface area contributed by atoms with Gasteiger partial charge in [0.1, 0.15) is 0 Å². The highest BCUT2D eigenvalue weighted by Gasteiger charge is 2.30. The van der Waals surface area contributed by atoms with E-state index in [2.05, 4.69) is 0 Å². The molecule has 2 rings (SSSR count). The quantitative estimate of drug-likeness (QED) is 0.447. The van der Waals surface area contributed by atoms with Crippen LogP contribution in [0.3, 0.4) is 0 Å². The fourth-order valence-corrected chi connectivity index (χ4v) is 1.76. The lowest BCUT2D eigenvalue weighted by Crippen LogP contribution is -2.47. The minimum atomic E-state index is -0.530. The van der Waals surface area contributed by atoms with E-state index in [1.54, 1.807) is 6.07 Å². The number of nitrogens with zero attached hydrogens (tertiary/aromatic N) is 1. The molecule has 1 aromatic carbocycles. The normalized spacial score (nSPS) is 14.6. The third-order valence-electron chi connectivity index (χ3n) is 2.67. The van der Waals surface area contributed by atoms with E-state index < -0.39 is 11.8 Å². The van der Waals surface area contributed by atoms with E-state index in [9.17, 15) is 9.59 Å². The first-order valence-electron chi connectivity index (χ1n) is 4.95. The third-order valence-corrected chi connectivity index (χ3v) is 2.67. The molecule has 1 aliphatic heterocycles. The molecule has 6 nitrogen and oxygen atoms in total. The molecule has 1 aliphatic rings. The van der Waals surface area contributed by atoms with Gasteiger partial charge >= 0.3 is 0 Å². The van der Waals surface area contributed by atoms with Gasteiger partial charge in [0.15, 0.2) is 11.5 Å². The van der Waals surface area contributed by atoms with Crippen LogP contribution < -0.4 is 15.3 Å². The average molecular weight is 236 g/mol. The van der Waals surface area contributed by atoms with Crippen molar-refractivity contribution in [2.45, 2.75) is 6.42 Å². The molecule has 90 valence electrons. The van der Waals surface area contributed by atoms with Crippen molar-refractivity contribution in [1.29, 1.82) is 0 Å². The predicted molar refractivity (Wildman–Crippen MR) is 58.6 cm³/mol. The second kappa shape index (κ2) is 4.06. The first-order valence-corrected chi connectivity index (χ1v) is 4.95. The molecule has 0 aromatic heterocycles. The van der Waals surface area contributed by atoms with Gasteiger partial charge < -0.3 is 9.47 Å². The number of nitrogens with two attached hydrogens (primary N) is 1. The van der Waals surface area contributed by atoms with Crippen molar-refractivity contribution >= 4 is 11.8 Å². The second-order valence-electron chi connectivity index (χ2n) is 3.61. The average Bonchev–Trinajstić information content (AvgIpc) is 2.34. The molecular formula is C11H12N2O4. The molecule has 0 saturated carbocycles. The zero-order valence-corrected chi connectivity index (χ0v) is 9.52. The molecule has 0 radical (unpaired) electrons. The van der Waals surface area contributed by atoms with Crippen molar-refractivity contribution in [2.75, 3.05) is 14.2 Å². The van der Waals surface area contributed by atoms with E-state index in [4.69, 9.17) is 15.3 Å². The van der Waals surface area contributed by atoms with Crippen molar-refractivity contribution < 1.29 is 19.1 Å². The maximum atomic E-state index is 11.8. The Kier molecular flexibility index (Phi) is 2.72. The number of benzene rings is 1. The number of ether oxygens (including phenoxy) is 2. The Morgan fingerprint density at radius 3 is 2.35 bits per heavy atom. The minimum absolute atomic E-state index is 0.0813. The number of rotatable bonds is 2. The Bertz CT molecular complexity index is 498. The number of hydrogen-bond donors (Lipinski definition) is 1. The highest BCUT2D eigenvalue weighted by molar-refractivity contribution is 6.09. The summed E-state index contributed by atoms with van der Waals surface area (Å²) in [5.74, 6) is 5.31. The lowest BCUT2D eigenvalue weighted by Gasteiger charge is -2.23. The summed E-state index contributed by atoms with van der Waals surface area (Å²) in [5.41, 5.74) is 0.962. The van der Waals surface area contributed by atoms with Gasteiger partial charge in [-0.1, -0.05) is 0 Å². The predicted octanol–water partition coefficient (Wildman–Crippen LogP) is 0.102. The molecule has 17 heavy (non-hydrogen) atoms. The van der Waals surface area contributed by atoms with Crippen LogP contribution in [0.2, 0.25) is 0 Å². The van der Waals surface area contributed by atoms with Crippen molar-refractivity contribution in [3.05, 3.63) is 23.3 Å². The number of hydrogen-bond acceptors (Lipinski definition) is 5. The van der Waals surface area contributed by atoms with Crippen LogP contribution in [-0.2, 0) is 11.2 Å². The molecule has 0 spiro atoms. The van der Waals surface area contributed by atoms with E-state index >= 15 is 0 Å². The minimum Gasteiger partial charge on any atom is -0.493 e. The van der Waals surface area contributed by atoms with Crippen LogP contribution in [0.1, 0.15) is 15.9 Å². The van der Waals surface area contributed by atoms with Crippen LogP contribution in [0, 0.1) is 0 Å². The molecule has 0 bridgehead atoms. The van der Waals surface area contributed by atoms with Crippen LogP contribution in [0.25, 0.3) is 0 Å². The van der Waals surface area contributed by atoms with Crippen LogP contribution in [0.5, 0.6) is 11.5 Å². The third kappa shape index (κ3) is 1.72. The highest BCUT2D eigenvalue weighted by atomic mass is 16.5. The summed E-state index contributed by atoms with van der Waals surface area (Å²) in [4.78, 5) is 23.2. The van der Waals surface area contributed by atoms with Crippen molar-refractivity contribution in [1.82, 2.24) is 5.01 Å². The zero-order chi connectivity index (χ0) is 12.6. The molecule has 6 heteroatoms. The van der Waals surface area contributed by atoms with E-state index in [-0.39, 0.29) is 6.42 Å². The summed E-state index contributed by atoms with van der Waals surface area (Å²) in [6.45, 7) is 0. The molecule has 1 heterocycles. The van der Waals surface area contributed by atoms with Crippen LogP contribution >= 0.6 is 0 Å². The van der Waals surface area contributed by atoms with E-state index in [0.29, 0.717) is 27.6 Å². The van der Waals surface area contributed by atoms with E-state index in [1.807, 2.05) is 0 Å². The van der Waals surface area contributed by atoms with Gasteiger partial charge in [0, 0.05) is 5.56 Å². The number of imide groups is 1. The molecule has 2 amide bonds. The number of fused-ring (bicyclic) bond motifs is 1. The summed E-state index contributed by atoms with van der Waals surface area (Å²) in [5, 5.41) is 0.619. The summed E-state index contributed by atoms with van der Waals surface area (Å²) in [6.07, 6.45) is 0.0813. The van der Waals surface area contributed by atoms with Gasteiger partial charge in [-0.2, -0.15) is 0 Å². The highest BCUT2D eigenvalue weighted by Crippen LogP contribution is 2.32. The number of methoxy groups -OCH3 is 2. The number of hydrazine groups is 1. The molecule has 2 N–H and O–H groups in total. The molecule has 0 aliphatic carbocycles. The molecule has 0 unspecified atom stereocenters. The first kappa shape index (κ1) is 11.4. The van der Waals surface area contributed by atoms with Crippen molar-refractivity contribution in [3.8, 4) is 11.5 Å². The number of carbonyl (C=O) groups excluding carboxylic acids is 2. The lowest BCUT2D eigenvalue weighted by atomic mass is 9.98. The lowest BCUT2D eigenvalue weighted by molar-refractivity contribution is -0.128. The van der Waals surface area contributed by atoms with Gasteiger partial charge in [-0.3, -0.25) is 9.59 Å². The summed E-state index contributed by atoms with van der Waals surface area (Å²) in [6, 6.07) is 3.15. The molecule has 0 fully saturated rings. The zero-order valence-electron chi connectivity index (χ0n) is 9.52. The smallest absolute Gasteiger partial charge is 0.275 e. The largest absolute Gasteiger partial charge is 0.493 e. The maximum Gasteiger partial charge on any atom is 0.275 e. The fourth-order valence-electron chi connectivity index (χ4n) is 1.76. The summed E-state index contributed by atoms with van der Waals surface area (Å²) in [7, 11) is 2.97. The second-order valence-corrected chi connectivity index (χ2v) is 3.61. The van der Waals surface area contributed by atoms with Crippen LogP contribution in [0.15, 0.2) is 12.1 Å². The number of carbonyl (C=O) groups is 2. The van der Waals surface area contributed by atoms with Gasteiger partial charge in [-0.05, 0) is 17.7 Å². The maximum absolute atomic E-state index is 11.8. The Morgan fingerprint density at radius 1 is 1.18 bits per heavy atom. The fraction of sp³-hybridized carbons (Fsp3) is 0.273. The van der Waals surface area contributed by atoms with Crippen molar-refractivity contribution in [2.24, 2.45) is 5.84 Å². The van der Waals surface area contributed by atoms with Gasteiger partial charge in [-0.25, -0.2) is 10.9 Å². The summed E-state index contributed by atoms with van der Waals surface area (Å²) >= 11 is 0. The van der Waals surface area contributed by atoms with Gasteiger partial charge in [0.2, 0.25) is 5.91 Å². The SMILES string of the molecule is COc1cc2c(cc1OC)C(=O)N(N)C(=O)C2. The monoisotopic (exact) mass is 236 g/mol. The molecule has 0 saturated heterocycles. The molecular weight excluding hydrogens is 224 g/mol. The Hall–Kier alpha value is -2.08. The topological polar surface area (TPSA) is 81.9 Å².